The van der Waals surface area contributed by atoms with Gasteiger partial charge in [0.15, 0.2) is 0 Å². The molecule has 0 aliphatic heterocycles. The lowest BCUT2D eigenvalue weighted by Gasteiger charge is -2.07. The molecule has 0 aliphatic carbocycles. The molecule has 66 valence electrons. The van der Waals surface area contributed by atoms with Gasteiger partial charge >= 0.3 is 0 Å². The van der Waals surface area contributed by atoms with Gasteiger partial charge in [-0.3, -0.25) is 4.68 Å². The van der Waals surface area contributed by atoms with Crippen LogP contribution in [0.25, 0.3) is 0 Å². The van der Waals surface area contributed by atoms with E-state index in [-0.39, 0.29) is 0 Å². The number of hydrogen-bond donors (Lipinski definition) is 0. The fourth-order valence-corrected chi connectivity index (χ4v) is 1.01. The van der Waals surface area contributed by atoms with E-state index < -0.39 is 0 Å². The second-order valence-electron chi connectivity index (χ2n) is 2.96. The highest BCUT2D eigenvalue weighted by Gasteiger charge is 2.02. The van der Waals surface area contributed by atoms with E-state index in [4.69, 9.17) is 0 Å². The lowest BCUT2D eigenvalue weighted by atomic mass is 10.2. The first kappa shape index (κ1) is 8.97. The number of carbonyl (C=O) groups excluding carboxylic acids is 1. The predicted octanol–water partition coefficient (Wildman–Crippen LogP) is 1.60. The third-order valence-corrected chi connectivity index (χ3v) is 2.02. The van der Waals surface area contributed by atoms with Gasteiger partial charge in [0.05, 0.1) is 6.20 Å². The second-order valence-corrected chi connectivity index (χ2v) is 2.96. The molecule has 1 aromatic heterocycles. The van der Waals surface area contributed by atoms with Gasteiger partial charge in [-0.25, -0.2) is 0 Å². The summed E-state index contributed by atoms with van der Waals surface area (Å²) >= 11 is 0. The highest BCUT2D eigenvalue weighted by Crippen LogP contribution is 2.09. The molecule has 0 radical (unpaired) electrons. The van der Waals surface area contributed by atoms with Crippen LogP contribution in [0.5, 0.6) is 0 Å². The standard InChI is InChI=1S/C9H14N2O/c1-3-8(2)11-7-9(4-5-12)6-10-11/h5-8H,3-4H2,1-2H3. The Hall–Kier alpha value is -1.12. The van der Waals surface area contributed by atoms with E-state index in [0.717, 1.165) is 18.3 Å². The fourth-order valence-electron chi connectivity index (χ4n) is 1.01. The maximum Gasteiger partial charge on any atom is 0.124 e. The normalized spacial score (nSPS) is 12.8. The number of nitrogens with zero attached hydrogens (tertiary/aromatic N) is 2. The van der Waals surface area contributed by atoms with E-state index in [2.05, 4.69) is 18.9 Å². The molecule has 3 heteroatoms. The van der Waals surface area contributed by atoms with Crippen molar-refractivity contribution in [3.63, 3.8) is 0 Å². The Bertz CT molecular complexity index is 255. The van der Waals surface area contributed by atoms with Crippen LogP contribution in [0.2, 0.25) is 0 Å². The van der Waals surface area contributed by atoms with E-state index in [1.165, 1.54) is 0 Å². The molecule has 0 saturated heterocycles. The van der Waals surface area contributed by atoms with Gasteiger partial charge in [-0.15, -0.1) is 0 Å². The molecule has 0 spiro atoms. The molecule has 0 N–H and O–H groups in total. The van der Waals surface area contributed by atoms with Crippen molar-refractivity contribution in [3.8, 4) is 0 Å². The molecule has 12 heavy (non-hydrogen) atoms. The van der Waals surface area contributed by atoms with Crippen LogP contribution in [0.3, 0.4) is 0 Å². The molecular weight excluding hydrogens is 152 g/mol. The number of aromatic nitrogens is 2. The van der Waals surface area contributed by atoms with Crippen LogP contribution in [0, 0.1) is 0 Å². The van der Waals surface area contributed by atoms with Crippen LogP contribution in [-0.2, 0) is 11.2 Å². The number of carbonyl (C=O) groups is 1. The van der Waals surface area contributed by atoms with Crippen molar-refractivity contribution < 1.29 is 4.79 Å². The highest BCUT2D eigenvalue weighted by atomic mass is 16.1. The maximum atomic E-state index is 10.2. The topological polar surface area (TPSA) is 34.9 Å². The minimum atomic E-state index is 0.422. The maximum absolute atomic E-state index is 10.2. The first-order valence-corrected chi connectivity index (χ1v) is 4.24. The van der Waals surface area contributed by atoms with E-state index in [1.807, 2.05) is 10.9 Å². The fraction of sp³-hybridized carbons (Fsp3) is 0.556. The van der Waals surface area contributed by atoms with E-state index in [1.54, 1.807) is 6.20 Å². The third kappa shape index (κ3) is 1.94. The Kier molecular flexibility index (Phi) is 3.02. The zero-order chi connectivity index (χ0) is 8.97. The minimum absolute atomic E-state index is 0.422. The summed E-state index contributed by atoms with van der Waals surface area (Å²) < 4.78 is 1.90. The van der Waals surface area contributed by atoms with Crippen molar-refractivity contribution in [2.45, 2.75) is 32.7 Å². The Morgan fingerprint density at radius 1 is 1.75 bits per heavy atom. The molecule has 0 aliphatic rings. The predicted molar refractivity (Wildman–Crippen MR) is 47.0 cm³/mol. The molecular formula is C9H14N2O. The summed E-state index contributed by atoms with van der Waals surface area (Å²) in [6, 6.07) is 0.422. The Labute approximate surface area is 72.4 Å². The Morgan fingerprint density at radius 2 is 2.50 bits per heavy atom. The molecule has 1 heterocycles. The summed E-state index contributed by atoms with van der Waals surface area (Å²) in [6.07, 6.45) is 6.11. The average molecular weight is 166 g/mol. The van der Waals surface area contributed by atoms with Gasteiger partial charge in [0, 0.05) is 18.7 Å². The van der Waals surface area contributed by atoms with Gasteiger partial charge in [-0.1, -0.05) is 6.92 Å². The van der Waals surface area contributed by atoms with Crippen molar-refractivity contribution in [3.05, 3.63) is 18.0 Å². The van der Waals surface area contributed by atoms with Crippen molar-refractivity contribution in [1.29, 1.82) is 0 Å². The largest absolute Gasteiger partial charge is 0.303 e. The summed E-state index contributed by atoms with van der Waals surface area (Å²) in [7, 11) is 0. The summed E-state index contributed by atoms with van der Waals surface area (Å²) in [4.78, 5) is 10.2. The molecule has 1 unspecified atom stereocenters. The molecule has 0 saturated carbocycles. The summed E-state index contributed by atoms with van der Waals surface area (Å²) in [5, 5.41) is 4.16. The van der Waals surface area contributed by atoms with Crippen LogP contribution in [0.4, 0.5) is 0 Å². The first-order chi connectivity index (χ1) is 5.77. The number of rotatable bonds is 4. The lowest BCUT2D eigenvalue weighted by molar-refractivity contribution is -0.107. The summed E-state index contributed by atoms with van der Waals surface area (Å²) in [5.74, 6) is 0. The van der Waals surface area contributed by atoms with Gasteiger partial charge in [0.1, 0.15) is 6.29 Å². The number of aldehydes is 1. The molecule has 0 amide bonds. The van der Waals surface area contributed by atoms with Crippen molar-refractivity contribution in [2.75, 3.05) is 0 Å². The quantitative estimate of drug-likeness (QED) is 0.637. The molecule has 0 aromatic carbocycles. The molecule has 0 bridgehead atoms. The van der Waals surface area contributed by atoms with E-state index in [9.17, 15) is 4.79 Å². The van der Waals surface area contributed by atoms with Crippen molar-refractivity contribution in [1.82, 2.24) is 9.78 Å². The average Bonchev–Trinajstić information content (AvgIpc) is 2.52. The van der Waals surface area contributed by atoms with E-state index in [0.29, 0.717) is 12.5 Å². The lowest BCUT2D eigenvalue weighted by Crippen LogP contribution is -2.03. The zero-order valence-corrected chi connectivity index (χ0v) is 7.53. The van der Waals surface area contributed by atoms with Crippen molar-refractivity contribution in [2.24, 2.45) is 0 Å². The van der Waals surface area contributed by atoms with E-state index >= 15 is 0 Å². The minimum Gasteiger partial charge on any atom is -0.303 e. The van der Waals surface area contributed by atoms with Gasteiger partial charge < -0.3 is 4.79 Å². The zero-order valence-electron chi connectivity index (χ0n) is 7.53. The van der Waals surface area contributed by atoms with Crippen LogP contribution in [0.1, 0.15) is 31.9 Å². The molecule has 0 fully saturated rings. The van der Waals surface area contributed by atoms with Crippen LogP contribution in [0.15, 0.2) is 12.4 Å². The highest BCUT2D eigenvalue weighted by molar-refractivity contribution is 5.54. The molecule has 1 rings (SSSR count). The van der Waals surface area contributed by atoms with Crippen LogP contribution < -0.4 is 0 Å². The SMILES string of the molecule is CCC(C)n1cc(CC=O)cn1. The molecule has 1 atom stereocenters. The number of hydrogen-bond acceptors (Lipinski definition) is 2. The summed E-state index contributed by atoms with van der Waals surface area (Å²) in [6.45, 7) is 4.23. The van der Waals surface area contributed by atoms with Gasteiger partial charge in [0.25, 0.3) is 0 Å². The van der Waals surface area contributed by atoms with Crippen molar-refractivity contribution >= 4 is 6.29 Å². The third-order valence-electron chi connectivity index (χ3n) is 2.02. The second kappa shape index (κ2) is 4.04. The Balaban J connectivity index is 2.69. The molecule has 3 nitrogen and oxygen atoms in total. The van der Waals surface area contributed by atoms with Crippen LogP contribution >= 0.6 is 0 Å². The molecule has 1 aromatic rings. The van der Waals surface area contributed by atoms with Gasteiger partial charge in [-0.05, 0) is 18.9 Å². The monoisotopic (exact) mass is 166 g/mol. The smallest absolute Gasteiger partial charge is 0.124 e. The van der Waals surface area contributed by atoms with Gasteiger partial charge in [-0.2, -0.15) is 5.10 Å². The first-order valence-electron chi connectivity index (χ1n) is 4.24. The summed E-state index contributed by atoms with van der Waals surface area (Å²) in [5.41, 5.74) is 0.991. The van der Waals surface area contributed by atoms with Gasteiger partial charge in [0.2, 0.25) is 0 Å². The van der Waals surface area contributed by atoms with Crippen LogP contribution in [-0.4, -0.2) is 16.1 Å². The Morgan fingerprint density at radius 3 is 3.08 bits per heavy atom.